The molecule has 2 aromatic rings. The van der Waals surface area contributed by atoms with Gasteiger partial charge in [0.1, 0.15) is 0 Å². The van der Waals surface area contributed by atoms with Crippen molar-refractivity contribution in [3.63, 3.8) is 0 Å². The fourth-order valence-electron chi connectivity index (χ4n) is 1.52. The van der Waals surface area contributed by atoms with Crippen molar-refractivity contribution in [1.29, 1.82) is 0 Å². The summed E-state index contributed by atoms with van der Waals surface area (Å²) in [7, 11) is 0. The summed E-state index contributed by atoms with van der Waals surface area (Å²) in [6.07, 6.45) is 2.03. The summed E-state index contributed by atoms with van der Waals surface area (Å²) >= 11 is 3.42. The molecule has 0 spiro atoms. The zero-order valence-corrected chi connectivity index (χ0v) is 10.0. The second kappa shape index (κ2) is 4.29. The summed E-state index contributed by atoms with van der Waals surface area (Å²) in [6, 6.07) is 7.97. The lowest BCUT2D eigenvalue weighted by Gasteiger charge is -2.07. The van der Waals surface area contributed by atoms with Crippen molar-refractivity contribution >= 4 is 26.7 Å². The predicted octanol–water partition coefficient (Wildman–Crippen LogP) is 3.44. The first-order valence-corrected chi connectivity index (χ1v) is 5.73. The number of nitrogens with zero attached hydrogens (tertiary/aromatic N) is 1. The Morgan fingerprint density at radius 1 is 1.33 bits per heavy atom. The summed E-state index contributed by atoms with van der Waals surface area (Å²) in [6.45, 7) is 1.94. The Morgan fingerprint density at radius 2 is 2.13 bits per heavy atom. The molecule has 2 rings (SSSR count). The lowest BCUT2D eigenvalue weighted by Crippen LogP contribution is -1.98. The van der Waals surface area contributed by atoms with E-state index in [9.17, 15) is 5.11 Å². The second-order valence-electron chi connectivity index (χ2n) is 3.52. The molecule has 0 radical (unpaired) electrons. The predicted molar refractivity (Wildman–Crippen MR) is 64.7 cm³/mol. The molecule has 0 bridgehead atoms. The third kappa shape index (κ3) is 2.19. The van der Waals surface area contributed by atoms with Crippen molar-refractivity contribution in [2.75, 3.05) is 0 Å². The molecule has 0 aliphatic carbocycles. The molecule has 3 heteroatoms. The van der Waals surface area contributed by atoms with E-state index in [4.69, 9.17) is 0 Å². The zero-order valence-electron chi connectivity index (χ0n) is 8.44. The maximum Gasteiger partial charge on any atom is 0.0957 e. The third-order valence-electron chi connectivity index (χ3n) is 2.43. The van der Waals surface area contributed by atoms with Gasteiger partial charge in [-0.2, -0.15) is 0 Å². The average molecular weight is 266 g/mol. The molecule has 0 aliphatic heterocycles. The Bertz CT molecular complexity index is 484. The molecule has 0 saturated carbocycles. The Morgan fingerprint density at radius 3 is 2.87 bits per heavy atom. The van der Waals surface area contributed by atoms with Crippen LogP contribution in [0.2, 0.25) is 0 Å². The van der Waals surface area contributed by atoms with E-state index in [1.165, 1.54) is 0 Å². The van der Waals surface area contributed by atoms with Crippen LogP contribution < -0.4 is 0 Å². The summed E-state index contributed by atoms with van der Waals surface area (Å²) in [5, 5.41) is 11.9. The number of aromatic nitrogens is 1. The minimum absolute atomic E-state index is 0.460. The van der Waals surface area contributed by atoms with Gasteiger partial charge >= 0.3 is 0 Å². The maximum atomic E-state index is 9.67. The van der Waals surface area contributed by atoms with Crippen LogP contribution in [0.4, 0.5) is 0 Å². The van der Waals surface area contributed by atoms with Gasteiger partial charge in [-0.15, -0.1) is 0 Å². The molecular formula is C12H12BrNO. The van der Waals surface area contributed by atoms with E-state index < -0.39 is 6.10 Å². The van der Waals surface area contributed by atoms with E-state index in [1.807, 2.05) is 31.2 Å². The van der Waals surface area contributed by atoms with E-state index in [-0.39, 0.29) is 0 Å². The molecular weight excluding hydrogens is 254 g/mol. The zero-order chi connectivity index (χ0) is 10.8. The molecule has 0 aliphatic rings. The summed E-state index contributed by atoms with van der Waals surface area (Å²) in [5.41, 5.74) is 0.743. The fourth-order valence-corrected chi connectivity index (χ4v) is 1.90. The largest absolute Gasteiger partial charge is 0.387 e. The number of halogens is 1. The van der Waals surface area contributed by atoms with Crippen LogP contribution in [0.1, 0.15) is 25.1 Å². The maximum absolute atomic E-state index is 9.67. The first kappa shape index (κ1) is 10.6. The highest BCUT2D eigenvalue weighted by Gasteiger charge is 2.06. The van der Waals surface area contributed by atoms with Gasteiger partial charge in [-0.25, -0.2) is 0 Å². The quantitative estimate of drug-likeness (QED) is 0.903. The third-order valence-corrected chi connectivity index (χ3v) is 2.93. The molecule has 1 heterocycles. The van der Waals surface area contributed by atoms with E-state index in [0.717, 1.165) is 20.9 Å². The topological polar surface area (TPSA) is 33.1 Å². The normalized spacial score (nSPS) is 13.0. The Balaban J connectivity index is 2.52. The number of aliphatic hydroxyl groups excluding tert-OH is 1. The number of hydrogen-bond acceptors (Lipinski definition) is 2. The molecule has 1 unspecified atom stereocenters. The van der Waals surface area contributed by atoms with E-state index in [0.29, 0.717) is 6.42 Å². The van der Waals surface area contributed by atoms with Gasteiger partial charge < -0.3 is 5.11 Å². The fraction of sp³-hybridized carbons (Fsp3) is 0.250. The average Bonchev–Trinajstić information content (AvgIpc) is 2.27. The van der Waals surface area contributed by atoms with Crippen LogP contribution in [0, 0.1) is 0 Å². The van der Waals surface area contributed by atoms with Crippen molar-refractivity contribution in [3.8, 4) is 0 Å². The van der Waals surface area contributed by atoms with Gasteiger partial charge in [-0.1, -0.05) is 28.9 Å². The number of rotatable bonds is 2. The highest BCUT2D eigenvalue weighted by atomic mass is 79.9. The van der Waals surface area contributed by atoms with Gasteiger partial charge in [-0.3, -0.25) is 4.98 Å². The summed E-state index contributed by atoms with van der Waals surface area (Å²) in [5.74, 6) is 0. The van der Waals surface area contributed by atoms with Gasteiger partial charge in [-0.05, 0) is 30.0 Å². The molecule has 1 atom stereocenters. The van der Waals surface area contributed by atoms with Crippen LogP contribution >= 0.6 is 15.9 Å². The monoisotopic (exact) mass is 265 g/mol. The number of hydrogen-bond donors (Lipinski definition) is 1. The molecule has 0 saturated heterocycles. The van der Waals surface area contributed by atoms with Crippen molar-refractivity contribution in [2.45, 2.75) is 19.4 Å². The van der Waals surface area contributed by atoms with Crippen LogP contribution in [0.5, 0.6) is 0 Å². The molecule has 2 nitrogen and oxygen atoms in total. The van der Waals surface area contributed by atoms with Gasteiger partial charge in [0.2, 0.25) is 0 Å². The molecule has 78 valence electrons. The molecule has 1 N–H and O–H groups in total. The number of fused-ring (bicyclic) bond motifs is 1. The van der Waals surface area contributed by atoms with E-state index in [1.54, 1.807) is 6.20 Å². The lowest BCUT2D eigenvalue weighted by molar-refractivity contribution is 0.169. The Kier molecular flexibility index (Phi) is 3.03. The second-order valence-corrected chi connectivity index (χ2v) is 4.44. The number of benzene rings is 1. The first-order valence-electron chi connectivity index (χ1n) is 4.94. The molecule has 15 heavy (non-hydrogen) atoms. The minimum Gasteiger partial charge on any atom is -0.387 e. The minimum atomic E-state index is -0.460. The smallest absolute Gasteiger partial charge is 0.0957 e. The lowest BCUT2D eigenvalue weighted by atomic mass is 10.1. The van der Waals surface area contributed by atoms with Gasteiger partial charge in [0.15, 0.2) is 0 Å². The van der Waals surface area contributed by atoms with Crippen LogP contribution in [-0.4, -0.2) is 10.1 Å². The van der Waals surface area contributed by atoms with Crippen LogP contribution in [0.25, 0.3) is 10.8 Å². The standard InChI is InChI=1S/C12H12BrNO/c1-2-12(15)11-6-8-3-4-10(13)5-9(8)7-14-11/h3-7,12,15H,2H2,1H3. The van der Waals surface area contributed by atoms with Crippen molar-refractivity contribution in [1.82, 2.24) is 4.98 Å². The molecule has 0 amide bonds. The van der Waals surface area contributed by atoms with Crippen molar-refractivity contribution in [3.05, 3.63) is 40.6 Å². The molecule has 0 fully saturated rings. The number of aliphatic hydroxyl groups is 1. The van der Waals surface area contributed by atoms with Gasteiger partial charge in [0.05, 0.1) is 11.8 Å². The molecule has 1 aromatic heterocycles. The van der Waals surface area contributed by atoms with E-state index >= 15 is 0 Å². The van der Waals surface area contributed by atoms with Crippen molar-refractivity contribution in [2.24, 2.45) is 0 Å². The van der Waals surface area contributed by atoms with Gasteiger partial charge in [0, 0.05) is 16.1 Å². The number of pyridine rings is 1. The summed E-state index contributed by atoms with van der Waals surface area (Å²) in [4.78, 5) is 4.25. The highest BCUT2D eigenvalue weighted by Crippen LogP contribution is 2.22. The van der Waals surface area contributed by atoms with Crippen LogP contribution in [0.3, 0.4) is 0 Å². The Labute approximate surface area is 97.1 Å². The van der Waals surface area contributed by atoms with E-state index in [2.05, 4.69) is 20.9 Å². The van der Waals surface area contributed by atoms with Crippen LogP contribution in [-0.2, 0) is 0 Å². The van der Waals surface area contributed by atoms with Gasteiger partial charge in [0.25, 0.3) is 0 Å². The first-order chi connectivity index (χ1) is 7.20. The van der Waals surface area contributed by atoms with Crippen molar-refractivity contribution < 1.29 is 5.11 Å². The SMILES string of the molecule is CCC(O)c1cc2ccc(Br)cc2cn1. The van der Waals surface area contributed by atoms with Crippen LogP contribution in [0.15, 0.2) is 34.9 Å². The molecule has 1 aromatic carbocycles. The highest BCUT2D eigenvalue weighted by molar-refractivity contribution is 9.10. The Hall–Kier alpha value is -0.930. The summed E-state index contributed by atoms with van der Waals surface area (Å²) < 4.78 is 1.04.